The van der Waals surface area contributed by atoms with Crippen LogP contribution in [0.3, 0.4) is 0 Å². The van der Waals surface area contributed by atoms with Gasteiger partial charge in [0.05, 0.1) is 12.1 Å². The van der Waals surface area contributed by atoms with Crippen LogP contribution in [0.5, 0.6) is 0 Å². The minimum atomic E-state index is -0.329. The van der Waals surface area contributed by atoms with E-state index in [0.29, 0.717) is 18.5 Å². The number of carbonyl (C=O) groups is 2. The molecular weight excluding hydrogens is 356 g/mol. The van der Waals surface area contributed by atoms with Crippen molar-refractivity contribution in [3.05, 3.63) is 52.8 Å². The molecule has 1 fully saturated rings. The SMILES string of the molecule is CNC(=O)c1cc(C(=O)N[C@H]2CC[C@H](O)CC2)n([C@@H](C)c2cccc(C)c2)n1. The highest BCUT2D eigenvalue weighted by atomic mass is 16.3. The van der Waals surface area contributed by atoms with Gasteiger partial charge in [-0.2, -0.15) is 5.10 Å². The number of nitrogens with zero attached hydrogens (tertiary/aromatic N) is 2. The Morgan fingerprint density at radius 3 is 2.54 bits per heavy atom. The number of amides is 2. The standard InChI is InChI=1S/C21H28N4O3/c1-13-5-4-6-15(11-13)14(2)25-19(12-18(24-25)20(27)22-3)21(28)23-16-7-9-17(26)10-8-16/h4-6,11-12,14,16-17,26H,7-10H2,1-3H3,(H,22,27)(H,23,28)/t14-,16-,17-/m0/s1. The van der Waals surface area contributed by atoms with Crippen molar-refractivity contribution in [2.45, 2.75) is 57.7 Å². The van der Waals surface area contributed by atoms with E-state index in [1.54, 1.807) is 11.7 Å². The molecule has 3 rings (SSSR count). The van der Waals surface area contributed by atoms with Gasteiger partial charge in [0.25, 0.3) is 11.8 Å². The summed E-state index contributed by atoms with van der Waals surface area (Å²) in [6, 6.07) is 9.39. The lowest BCUT2D eigenvalue weighted by molar-refractivity contribution is 0.0856. The highest BCUT2D eigenvalue weighted by molar-refractivity contribution is 5.98. The summed E-state index contributed by atoms with van der Waals surface area (Å²) in [5.74, 6) is -0.575. The van der Waals surface area contributed by atoms with Crippen LogP contribution in [0.4, 0.5) is 0 Å². The van der Waals surface area contributed by atoms with E-state index in [-0.39, 0.29) is 35.7 Å². The molecule has 2 amide bonds. The van der Waals surface area contributed by atoms with Gasteiger partial charge in [0.15, 0.2) is 5.69 Å². The molecule has 0 radical (unpaired) electrons. The van der Waals surface area contributed by atoms with Crippen molar-refractivity contribution in [2.75, 3.05) is 7.05 Å². The number of aliphatic hydroxyl groups is 1. The lowest BCUT2D eigenvalue weighted by atomic mass is 9.93. The molecule has 0 saturated heterocycles. The average molecular weight is 384 g/mol. The zero-order valence-electron chi connectivity index (χ0n) is 16.6. The fraction of sp³-hybridized carbons (Fsp3) is 0.476. The second kappa shape index (κ2) is 8.56. The quantitative estimate of drug-likeness (QED) is 0.736. The molecule has 2 aromatic rings. The maximum absolute atomic E-state index is 13.0. The summed E-state index contributed by atoms with van der Waals surface area (Å²) in [6.45, 7) is 3.98. The molecule has 1 heterocycles. The van der Waals surface area contributed by atoms with Crippen molar-refractivity contribution >= 4 is 11.8 Å². The predicted octanol–water partition coefficient (Wildman–Crippen LogP) is 2.19. The fourth-order valence-corrected chi connectivity index (χ4v) is 3.65. The van der Waals surface area contributed by atoms with Gasteiger partial charge in [-0.05, 0) is 45.1 Å². The summed E-state index contributed by atoms with van der Waals surface area (Å²) in [7, 11) is 1.54. The number of hydrogen-bond donors (Lipinski definition) is 3. The van der Waals surface area contributed by atoms with E-state index < -0.39 is 0 Å². The molecule has 1 aromatic carbocycles. The molecule has 1 aliphatic rings. The third kappa shape index (κ3) is 4.42. The number of aryl methyl sites for hydroxylation is 1. The molecule has 1 aliphatic carbocycles. The molecule has 0 unspecified atom stereocenters. The molecule has 0 aliphatic heterocycles. The maximum atomic E-state index is 13.0. The second-order valence-corrected chi connectivity index (χ2v) is 7.51. The van der Waals surface area contributed by atoms with Crippen LogP contribution in [0.2, 0.25) is 0 Å². The summed E-state index contributed by atoms with van der Waals surface area (Å²) >= 11 is 0. The highest BCUT2D eigenvalue weighted by Gasteiger charge is 2.26. The molecule has 28 heavy (non-hydrogen) atoms. The van der Waals surface area contributed by atoms with Crippen molar-refractivity contribution in [1.82, 2.24) is 20.4 Å². The van der Waals surface area contributed by atoms with E-state index >= 15 is 0 Å². The third-order valence-corrected chi connectivity index (χ3v) is 5.35. The van der Waals surface area contributed by atoms with Crippen molar-refractivity contribution in [3.8, 4) is 0 Å². The van der Waals surface area contributed by atoms with Crippen LogP contribution < -0.4 is 10.6 Å². The van der Waals surface area contributed by atoms with Gasteiger partial charge in [-0.15, -0.1) is 0 Å². The van der Waals surface area contributed by atoms with Gasteiger partial charge in [-0.3, -0.25) is 14.3 Å². The Morgan fingerprint density at radius 1 is 1.18 bits per heavy atom. The van der Waals surface area contributed by atoms with E-state index in [4.69, 9.17) is 0 Å². The first-order valence-corrected chi connectivity index (χ1v) is 9.76. The lowest BCUT2D eigenvalue weighted by Crippen LogP contribution is -2.39. The molecule has 1 saturated carbocycles. The normalized spacial score (nSPS) is 20.4. The first-order chi connectivity index (χ1) is 13.4. The van der Waals surface area contributed by atoms with Crippen LogP contribution >= 0.6 is 0 Å². The van der Waals surface area contributed by atoms with Crippen LogP contribution in [0.1, 0.15) is 70.8 Å². The molecule has 1 atom stereocenters. The van der Waals surface area contributed by atoms with Crippen LogP contribution in [0, 0.1) is 6.92 Å². The van der Waals surface area contributed by atoms with Crippen molar-refractivity contribution in [1.29, 1.82) is 0 Å². The number of nitrogens with one attached hydrogen (secondary N) is 2. The number of rotatable bonds is 5. The van der Waals surface area contributed by atoms with E-state index in [0.717, 1.165) is 24.0 Å². The molecule has 7 nitrogen and oxygen atoms in total. The Labute approximate surface area is 165 Å². The fourth-order valence-electron chi connectivity index (χ4n) is 3.65. The van der Waals surface area contributed by atoms with E-state index in [2.05, 4.69) is 21.8 Å². The van der Waals surface area contributed by atoms with Gasteiger partial charge in [0.2, 0.25) is 0 Å². The first kappa shape index (κ1) is 20.1. The number of aromatic nitrogens is 2. The minimum Gasteiger partial charge on any atom is -0.393 e. The average Bonchev–Trinajstić information content (AvgIpc) is 3.14. The number of carbonyl (C=O) groups excluding carboxylic acids is 2. The Morgan fingerprint density at radius 2 is 1.89 bits per heavy atom. The van der Waals surface area contributed by atoms with Gasteiger partial charge in [0, 0.05) is 19.2 Å². The summed E-state index contributed by atoms with van der Waals surface area (Å²) in [6.07, 6.45) is 2.59. The van der Waals surface area contributed by atoms with Crippen LogP contribution in [0.25, 0.3) is 0 Å². The Balaban J connectivity index is 1.89. The molecule has 3 N–H and O–H groups in total. The monoisotopic (exact) mass is 384 g/mol. The van der Waals surface area contributed by atoms with Gasteiger partial charge in [-0.25, -0.2) is 0 Å². The van der Waals surface area contributed by atoms with Crippen molar-refractivity contribution in [2.24, 2.45) is 0 Å². The largest absolute Gasteiger partial charge is 0.393 e. The molecule has 0 spiro atoms. The topological polar surface area (TPSA) is 96.3 Å². The molecular formula is C21H28N4O3. The molecule has 1 aromatic heterocycles. The predicted molar refractivity (Wildman–Crippen MR) is 106 cm³/mol. The van der Waals surface area contributed by atoms with Gasteiger partial charge in [0.1, 0.15) is 5.69 Å². The van der Waals surface area contributed by atoms with Gasteiger partial charge in [-0.1, -0.05) is 29.8 Å². The zero-order chi connectivity index (χ0) is 20.3. The zero-order valence-corrected chi connectivity index (χ0v) is 16.6. The van der Waals surface area contributed by atoms with E-state index in [1.807, 2.05) is 32.0 Å². The smallest absolute Gasteiger partial charge is 0.271 e. The number of hydrogen-bond acceptors (Lipinski definition) is 4. The Kier molecular flexibility index (Phi) is 6.14. The van der Waals surface area contributed by atoms with Crippen LogP contribution in [0.15, 0.2) is 30.3 Å². The summed E-state index contributed by atoms with van der Waals surface area (Å²) in [5.41, 5.74) is 2.71. The summed E-state index contributed by atoms with van der Waals surface area (Å²) < 4.78 is 1.62. The van der Waals surface area contributed by atoms with Crippen molar-refractivity contribution < 1.29 is 14.7 Å². The molecule has 0 bridgehead atoms. The third-order valence-electron chi connectivity index (χ3n) is 5.35. The Hall–Kier alpha value is -2.67. The van der Waals surface area contributed by atoms with Crippen molar-refractivity contribution in [3.63, 3.8) is 0 Å². The van der Waals surface area contributed by atoms with E-state index in [9.17, 15) is 14.7 Å². The Bertz CT molecular complexity index is 853. The summed E-state index contributed by atoms with van der Waals surface area (Å²) in [4.78, 5) is 25.1. The van der Waals surface area contributed by atoms with Gasteiger partial charge >= 0.3 is 0 Å². The lowest BCUT2D eigenvalue weighted by Gasteiger charge is -2.26. The highest BCUT2D eigenvalue weighted by Crippen LogP contribution is 2.23. The molecule has 7 heteroatoms. The first-order valence-electron chi connectivity index (χ1n) is 9.76. The number of benzene rings is 1. The molecule has 150 valence electrons. The second-order valence-electron chi connectivity index (χ2n) is 7.51. The number of aliphatic hydroxyl groups excluding tert-OH is 1. The summed E-state index contributed by atoms with van der Waals surface area (Å²) in [5, 5.41) is 19.7. The minimum absolute atomic E-state index is 0.0250. The van der Waals surface area contributed by atoms with Crippen LogP contribution in [-0.4, -0.2) is 45.9 Å². The van der Waals surface area contributed by atoms with Gasteiger partial charge < -0.3 is 15.7 Å². The maximum Gasteiger partial charge on any atom is 0.271 e. The van der Waals surface area contributed by atoms with E-state index in [1.165, 1.54) is 6.07 Å². The van der Waals surface area contributed by atoms with Crippen LogP contribution in [-0.2, 0) is 0 Å².